The van der Waals surface area contributed by atoms with Gasteiger partial charge in [0, 0.05) is 18.8 Å². The molecule has 0 amide bonds. The summed E-state index contributed by atoms with van der Waals surface area (Å²) in [5.74, 6) is 0.392. The van der Waals surface area contributed by atoms with E-state index in [0.29, 0.717) is 5.92 Å². The van der Waals surface area contributed by atoms with Crippen molar-refractivity contribution in [3.63, 3.8) is 0 Å². The minimum Gasteiger partial charge on any atom is -0.0619 e. The largest absolute Gasteiger partial charge is 0.0619 e. The Bertz CT molecular complexity index is 1750. The minimum atomic E-state index is 0.392. The molecule has 9 rings (SSSR count). The second kappa shape index (κ2) is 7.67. The molecule has 0 N–H and O–H groups in total. The first-order valence-corrected chi connectivity index (χ1v) is 13.1. The summed E-state index contributed by atoms with van der Waals surface area (Å²) >= 11 is 0. The van der Waals surface area contributed by atoms with E-state index >= 15 is 0 Å². The molecule has 4 aliphatic rings. The minimum absolute atomic E-state index is 0.392. The quantitative estimate of drug-likeness (QED) is 0.224. The van der Waals surface area contributed by atoms with Crippen molar-refractivity contribution in [3.05, 3.63) is 160 Å². The first-order chi connectivity index (χ1) is 18.2. The molecule has 0 nitrogen and oxygen atoms in total. The van der Waals surface area contributed by atoms with Crippen LogP contribution in [0.2, 0.25) is 0 Å². The Balaban J connectivity index is 0.000000140. The van der Waals surface area contributed by atoms with Crippen molar-refractivity contribution in [2.75, 3.05) is 0 Å². The van der Waals surface area contributed by atoms with Gasteiger partial charge in [-0.15, -0.1) is 0 Å². The van der Waals surface area contributed by atoms with Crippen LogP contribution in [0, 0.1) is 19.8 Å². The van der Waals surface area contributed by atoms with Crippen molar-refractivity contribution in [3.8, 4) is 33.4 Å². The van der Waals surface area contributed by atoms with Crippen molar-refractivity contribution in [1.82, 2.24) is 0 Å². The third-order valence-electron chi connectivity index (χ3n) is 8.58. The maximum atomic E-state index is 2.46. The van der Waals surface area contributed by atoms with E-state index in [-0.39, 0.29) is 0 Å². The van der Waals surface area contributed by atoms with Gasteiger partial charge in [0.25, 0.3) is 0 Å². The van der Waals surface area contributed by atoms with E-state index in [1.165, 1.54) is 83.5 Å². The number of hydrogen-bond donors (Lipinski definition) is 0. The fraction of sp³-hybridized carbons (Fsp3) is 0.0811. The summed E-state index contributed by atoms with van der Waals surface area (Å²) in [5.41, 5.74) is 21.1. The molecule has 0 heteroatoms. The summed E-state index contributed by atoms with van der Waals surface area (Å²) in [6, 6.07) is 35.3. The summed E-state index contributed by atoms with van der Waals surface area (Å²) in [6.07, 6.45) is 6.99. The molecule has 5 aromatic carbocycles. The fourth-order valence-electron chi connectivity index (χ4n) is 6.86. The van der Waals surface area contributed by atoms with Crippen LogP contribution in [0.3, 0.4) is 0 Å². The van der Waals surface area contributed by atoms with E-state index in [2.05, 4.69) is 130 Å². The van der Waals surface area contributed by atoms with Gasteiger partial charge in [-0.2, -0.15) is 0 Å². The Labute approximate surface area is 219 Å². The first kappa shape index (κ1) is 21.0. The molecule has 0 aromatic heterocycles. The van der Waals surface area contributed by atoms with Gasteiger partial charge in [0.05, 0.1) is 0 Å². The van der Waals surface area contributed by atoms with Gasteiger partial charge in [-0.25, -0.2) is 0 Å². The molecule has 4 bridgehead atoms. The van der Waals surface area contributed by atoms with Crippen LogP contribution in [0.4, 0.5) is 0 Å². The normalized spacial score (nSPS) is 16.1. The lowest BCUT2D eigenvalue weighted by molar-refractivity contribution is 0.977. The van der Waals surface area contributed by atoms with Crippen LogP contribution < -0.4 is 0 Å². The van der Waals surface area contributed by atoms with Gasteiger partial charge >= 0.3 is 0 Å². The van der Waals surface area contributed by atoms with E-state index in [4.69, 9.17) is 0 Å². The molecule has 1 unspecified atom stereocenters. The highest BCUT2D eigenvalue weighted by molar-refractivity contribution is 5.94. The van der Waals surface area contributed by atoms with Crippen molar-refractivity contribution in [1.29, 1.82) is 0 Å². The molecule has 5 aromatic rings. The van der Waals surface area contributed by atoms with Gasteiger partial charge in [-0.1, -0.05) is 96.6 Å². The first-order valence-electron chi connectivity index (χ1n) is 13.1. The highest BCUT2D eigenvalue weighted by Gasteiger charge is 2.34. The van der Waals surface area contributed by atoms with Gasteiger partial charge in [0.2, 0.25) is 0 Å². The van der Waals surface area contributed by atoms with Crippen LogP contribution in [0.25, 0.3) is 39.5 Å². The summed E-state index contributed by atoms with van der Waals surface area (Å²) < 4.78 is 0. The Hall–Kier alpha value is -4.16. The molecular weight excluding hydrogens is 444 g/mol. The van der Waals surface area contributed by atoms with Crippen LogP contribution in [-0.4, -0.2) is 0 Å². The van der Waals surface area contributed by atoms with Crippen LogP contribution >= 0.6 is 0 Å². The smallest absolute Gasteiger partial charge is 0.0311 e. The average molecular weight is 471 g/mol. The molecule has 0 aliphatic heterocycles. The Morgan fingerprint density at radius 2 is 1.19 bits per heavy atom. The van der Waals surface area contributed by atoms with E-state index in [1.54, 1.807) is 0 Å². The van der Waals surface area contributed by atoms with Gasteiger partial charge in [0.1, 0.15) is 0 Å². The Morgan fingerprint density at radius 3 is 1.95 bits per heavy atom. The monoisotopic (exact) mass is 470 g/mol. The molecule has 4 aliphatic carbocycles. The molecule has 174 valence electrons. The second-order valence-corrected chi connectivity index (χ2v) is 10.6. The molecule has 1 atom stereocenters. The molecule has 2 radical (unpaired) electrons. The van der Waals surface area contributed by atoms with E-state index in [9.17, 15) is 0 Å². The molecule has 0 fully saturated rings. The van der Waals surface area contributed by atoms with Crippen molar-refractivity contribution >= 4 is 6.08 Å². The second-order valence-electron chi connectivity index (χ2n) is 10.6. The van der Waals surface area contributed by atoms with Crippen LogP contribution in [0.5, 0.6) is 0 Å². The topological polar surface area (TPSA) is 0 Å². The maximum absolute atomic E-state index is 2.46. The number of benzene rings is 5. The molecule has 0 saturated heterocycles. The zero-order valence-electron chi connectivity index (χ0n) is 21.0. The average Bonchev–Trinajstić information content (AvgIpc) is 3.58. The predicted octanol–water partition coefficient (Wildman–Crippen LogP) is 9.37. The maximum Gasteiger partial charge on any atom is 0.0311 e. The lowest BCUT2D eigenvalue weighted by Gasteiger charge is -2.24. The third kappa shape index (κ3) is 2.96. The highest BCUT2D eigenvalue weighted by atomic mass is 14.4. The standard InChI is InChI=1S/C24H17.C13H9/c1-13-9-15-5-3-4-6-18(15)23(13)22-12-20-14(2)21-11-17-10-16(20)7-8-19(17)24(21)22;1-3-7-12-10(5-1)9-11-6-2-4-8-13(11)12/h3-12,23H,1-2H3;1-9H. The zero-order chi connectivity index (χ0) is 24.7. The number of allylic oxidation sites excluding steroid dienone is 1. The number of rotatable bonds is 1. The van der Waals surface area contributed by atoms with Crippen LogP contribution in [0.15, 0.2) is 103 Å². The van der Waals surface area contributed by atoms with Gasteiger partial charge in [-0.3, -0.25) is 0 Å². The van der Waals surface area contributed by atoms with E-state index < -0.39 is 0 Å². The van der Waals surface area contributed by atoms with Gasteiger partial charge in [-0.05, 0) is 104 Å². The third-order valence-corrected chi connectivity index (χ3v) is 8.58. The molecule has 0 spiro atoms. The summed E-state index contributed by atoms with van der Waals surface area (Å²) in [6.45, 7) is 4.56. The lowest BCUT2D eigenvalue weighted by atomic mass is 9.79. The van der Waals surface area contributed by atoms with Gasteiger partial charge in [0.15, 0.2) is 0 Å². The van der Waals surface area contributed by atoms with Crippen molar-refractivity contribution in [2.24, 2.45) is 0 Å². The Kier molecular flexibility index (Phi) is 4.35. The zero-order valence-corrected chi connectivity index (χ0v) is 21.0. The Morgan fingerprint density at radius 1 is 0.514 bits per heavy atom. The number of fused-ring (bicyclic) bond motifs is 8. The molecule has 0 saturated carbocycles. The number of hydrogen-bond acceptors (Lipinski definition) is 0. The van der Waals surface area contributed by atoms with Crippen molar-refractivity contribution < 1.29 is 0 Å². The van der Waals surface area contributed by atoms with Crippen LogP contribution in [-0.2, 0) is 0 Å². The molecule has 37 heavy (non-hydrogen) atoms. The predicted molar refractivity (Wildman–Crippen MR) is 154 cm³/mol. The highest BCUT2D eigenvalue weighted by Crippen LogP contribution is 2.54. The molecule has 0 heterocycles. The lowest BCUT2D eigenvalue weighted by Crippen LogP contribution is -2.05. The summed E-state index contributed by atoms with van der Waals surface area (Å²) in [5, 5.41) is 0. The van der Waals surface area contributed by atoms with Crippen molar-refractivity contribution in [2.45, 2.75) is 19.8 Å². The summed E-state index contributed by atoms with van der Waals surface area (Å²) in [7, 11) is 0. The van der Waals surface area contributed by atoms with Crippen LogP contribution in [0.1, 0.15) is 57.3 Å². The van der Waals surface area contributed by atoms with E-state index in [0.717, 1.165) is 0 Å². The summed E-state index contributed by atoms with van der Waals surface area (Å²) in [4.78, 5) is 0. The molecular formula is C37H26. The van der Waals surface area contributed by atoms with E-state index in [1.807, 2.05) is 0 Å². The van der Waals surface area contributed by atoms with Gasteiger partial charge < -0.3 is 0 Å². The SMILES string of the molecule is CC1=Cc2ccccc2C1c1cc2c(C)c3c1-c1ccc-2cc1[CH]3.[CH]1c2ccccc2-c2ccccc21. The fourth-order valence-corrected chi connectivity index (χ4v) is 6.86.